The maximum atomic E-state index is 12.2. The minimum Gasteiger partial charge on any atom is -0.479 e. The molecule has 3 saturated carbocycles. The Labute approximate surface area is 198 Å². The van der Waals surface area contributed by atoms with E-state index in [1.165, 1.54) is 0 Å². The SMILES string of the molecule is C[C@]12C[C@H](O[C@@H]3O[C@@H](C(=O)O)[C@H](O)[C@@H](O)[C@@H]3O)[C@H]3[C@@H](CCC4=CC(=O)CC[C@@]43C)[C@@H]1CC[C@@H]2O. The molecular weight excluding hydrogens is 444 g/mol. The number of ketones is 1. The molecule has 0 aromatic heterocycles. The van der Waals surface area contributed by atoms with Crippen molar-refractivity contribution in [1.82, 2.24) is 0 Å². The fourth-order valence-corrected chi connectivity index (χ4v) is 8.09. The number of hydrogen-bond donors (Lipinski definition) is 5. The summed E-state index contributed by atoms with van der Waals surface area (Å²) in [5, 5.41) is 51.3. The van der Waals surface area contributed by atoms with E-state index < -0.39 is 54.3 Å². The van der Waals surface area contributed by atoms with E-state index in [9.17, 15) is 35.1 Å². The van der Waals surface area contributed by atoms with Crippen LogP contribution in [0.1, 0.15) is 58.8 Å². The topological polar surface area (TPSA) is 154 Å². The number of fused-ring (bicyclic) bond motifs is 5. The fourth-order valence-electron chi connectivity index (χ4n) is 8.09. The van der Waals surface area contributed by atoms with E-state index in [4.69, 9.17) is 9.47 Å². The lowest BCUT2D eigenvalue weighted by atomic mass is 9.46. The van der Waals surface area contributed by atoms with E-state index in [1.807, 2.05) is 0 Å². The van der Waals surface area contributed by atoms with Crippen LogP contribution in [-0.4, -0.2) is 80.2 Å². The van der Waals surface area contributed by atoms with Crippen molar-refractivity contribution in [3.63, 3.8) is 0 Å². The lowest BCUT2D eigenvalue weighted by molar-refractivity contribution is -0.321. The number of allylic oxidation sites excluding steroid dienone is 1. The van der Waals surface area contributed by atoms with Crippen LogP contribution in [0.2, 0.25) is 0 Å². The van der Waals surface area contributed by atoms with Crippen LogP contribution < -0.4 is 0 Å². The highest BCUT2D eigenvalue weighted by molar-refractivity contribution is 5.91. The molecule has 190 valence electrons. The largest absolute Gasteiger partial charge is 0.479 e. The third-order valence-electron chi connectivity index (χ3n) is 9.94. The molecule has 4 aliphatic carbocycles. The van der Waals surface area contributed by atoms with E-state index in [1.54, 1.807) is 6.08 Å². The summed E-state index contributed by atoms with van der Waals surface area (Å²) in [5.41, 5.74) is 0.433. The lowest BCUT2D eigenvalue weighted by Crippen LogP contribution is -2.63. The molecule has 5 aliphatic rings. The molecule has 5 N–H and O–H groups in total. The molecule has 34 heavy (non-hydrogen) atoms. The van der Waals surface area contributed by atoms with Crippen LogP contribution >= 0.6 is 0 Å². The van der Waals surface area contributed by atoms with Crippen LogP contribution in [0, 0.1) is 28.6 Å². The second-order valence-electron chi connectivity index (χ2n) is 11.6. The Morgan fingerprint density at radius 3 is 2.50 bits per heavy atom. The Morgan fingerprint density at radius 1 is 1.06 bits per heavy atom. The predicted octanol–water partition coefficient (Wildman–Crippen LogP) is 0.766. The Balaban J connectivity index is 1.51. The molecule has 5 rings (SSSR count). The van der Waals surface area contributed by atoms with Crippen LogP contribution in [0.5, 0.6) is 0 Å². The van der Waals surface area contributed by atoms with Crippen LogP contribution in [0.3, 0.4) is 0 Å². The minimum atomic E-state index is -1.78. The number of carboxylic acid groups (broad SMARTS) is 1. The summed E-state index contributed by atoms with van der Waals surface area (Å²) in [6, 6.07) is 0. The van der Waals surface area contributed by atoms with Crippen molar-refractivity contribution in [3.05, 3.63) is 11.6 Å². The molecule has 9 nitrogen and oxygen atoms in total. The Bertz CT molecular complexity index is 888. The van der Waals surface area contributed by atoms with E-state index in [0.717, 1.165) is 24.8 Å². The third-order valence-corrected chi connectivity index (χ3v) is 9.94. The lowest BCUT2D eigenvalue weighted by Gasteiger charge is -2.60. The monoisotopic (exact) mass is 480 g/mol. The normalized spacial score (nSPS) is 52.9. The van der Waals surface area contributed by atoms with Gasteiger partial charge in [-0.25, -0.2) is 4.79 Å². The van der Waals surface area contributed by atoms with Gasteiger partial charge in [-0.1, -0.05) is 19.4 Å². The first-order valence-electron chi connectivity index (χ1n) is 12.5. The van der Waals surface area contributed by atoms with Crippen molar-refractivity contribution in [2.75, 3.05) is 0 Å². The van der Waals surface area contributed by atoms with Crippen molar-refractivity contribution in [3.8, 4) is 0 Å². The number of carbonyl (C=O) groups is 2. The van der Waals surface area contributed by atoms with Gasteiger partial charge in [0, 0.05) is 6.42 Å². The van der Waals surface area contributed by atoms with Crippen molar-refractivity contribution >= 4 is 11.8 Å². The number of aliphatic carboxylic acids is 1. The standard InChI is InChI=1S/C25H36O9/c1-24-8-7-12(26)9-11(24)3-4-13-14-5-6-16(27)25(14,2)10-15(17(13)24)33-23-20(30)18(28)19(29)21(34-23)22(31)32/h9,13-21,23,27-30H,3-8,10H2,1-2H3,(H,31,32)/t13-,14-,15-,16-,17+,18+,19+,20-,21+,23+,24-,25-/m0/s1. The van der Waals surface area contributed by atoms with Gasteiger partial charge in [-0.2, -0.15) is 0 Å². The van der Waals surface area contributed by atoms with Gasteiger partial charge in [0.2, 0.25) is 0 Å². The van der Waals surface area contributed by atoms with E-state index in [2.05, 4.69) is 13.8 Å². The van der Waals surface area contributed by atoms with Gasteiger partial charge in [0.05, 0.1) is 12.2 Å². The van der Waals surface area contributed by atoms with Crippen molar-refractivity contribution in [1.29, 1.82) is 0 Å². The van der Waals surface area contributed by atoms with Crippen LogP contribution in [-0.2, 0) is 19.1 Å². The van der Waals surface area contributed by atoms with Gasteiger partial charge in [0.1, 0.15) is 18.3 Å². The van der Waals surface area contributed by atoms with Gasteiger partial charge in [0.25, 0.3) is 0 Å². The van der Waals surface area contributed by atoms with Crippen LogP contribution in [0.25, 0.3) is 0 Å². The molecule has 1 heterocycles. The fraction of sp³-hybridized carbons (Fsp3) is 0.840. The number of aliphatic hydroxyl groups excluding tert-OH is 4. The first-order valence-corrected chi connectivity index (χ1v) is 12.5. The van der Waals surface area contributed by atoms with E-state index in [0.29, 0.717) is 31.6 Å². The first-order chi connectivity index (χ1) is 16.0. The number of carbonyl (C=O) groups excluding carboxylic acids is 1. The molecule has 0 bridgehead atoms. The summed E-state index contributed by atoms with van der Waals surface area (Å²) in [5.74, 6) is -0.783. The number of hydrogen-bond acceptors (Lipinski definition) is 8. The smallest absolute Gasteiger partial charge is 0.335 e. The molecule has 0 aromatic carbocycles. The van der Waals surface area contributed by atoms with Crippen LogP contribution in [0.15, 0.2) is 11.6 Å². The van der Waals surface area contributed by atoms with Gasteiger partial charge < -0.3 is 35.0 Å². The molecule has 0 amide bonds. The van der Waals surface area contributed by atoms with Crippen molar-refractivity contribution in [2.24, 2.45) is 28.6 Å². The third kappa shape index (κ3) is 3.50. The van der Waals surface area contributed by atoms with E-state index >= 15 is 0 Å². The van der Waals surface area contributed by atoms with Crippen molar-refractivity contribution < 1.29 is 44.6 Å². The number of aliphatic hydroxyl groups is 4. The van der Waals surface area contributed by atoms with Crippen LogP contribution in [0.4, 0.5) is 0 Å². The molecule has 9 heteroatoms. The molecule has 1 saturated heterocycles. The number of carboxylic acids is 1. The summed E-state index contributed by atoms with van der Waals surface area (Å²) in [4.78, 5) is 23.8. The summed E-state index contributed by atoms with van der Waals surface area (Å²) in [6.45, 7) is 4.25. The maximum absolute atomic E-state index is 12.2. The number of rotatable bonds is 3. The Morgan fingerprint density at radius 2 is 1.79 bits per heavy atom. The molecule has 0 spiro atoms. The highest BCUT2D eigenvalue weighted by atomic mass is 16.7. The van der Waals surface area contributed by atoms with Gasteiger partial charge >= 0.3 is 5.97 Å². The van der Waals surface area contributed by atoms with Gasteiger partial charge in [0.15, 0.2) is 18.2 Å². The molecule has 1 aliphatic heterocycles. The maximum Gasteiger partial charge on any atom is 0.335 e. The first kappa shape index (κ1) is 24.3. The summed E-state index contributed by atoms with van der Waals surface area (Å²) < 4.78 is 11.8. The number of ether oxygens (including phenoxy) is 2. The summed E-state index contributed by atoms with van der Waals surface area (Å²) in [7, 11) is 0. The zero-order valence-corrected chi connectivity index (χ0v) is 19.7. The summed E-state index contributed by atoms with van der Waals surface area (Å²) >= 11 is 0. The molecule has 4 fully saturated rings. The average molecular weight is 481 g/mol. The molecule has 0 aromatic rings. The zero-order valence-electron chi connectivity index (χ0n) is 19.7. The highest BCUT2D eigenvalue weighted by Gasteiger charge is 2.63. The second-order valence-corrected chi connectivity index (χ2v) is 11.6. The molecule has 0 radical (unpaired) electrons. The average Bonchev–Trinajstić information content (AvgIpc) is 3.08. The summed E-state index contributed by atoms with van der Waals surface area (Å²) in [6.07, 6.45) is -2.52. The molecular formula is C25H36O9. The Kier molecular flexibility index (Phi) is 5.98. The van der Waals surface area contributed by atoms with Gasteiger partial charge in [-0.15, -0.1) is 0 Å². The predicted molar refractivity (Wildman–Crippen MR) is 117 cm³/mol. The Hall–Kier alpha value is -1.36. The quantitative estimate of drug-likeness (QED) is 0.394. The molecule has 0 unspecified atom stereocenters. The van der Waals surface area contributed by atoms with Gasteiger partial charge in [-0.3, -0.25) is 4.79 Å². The minimum absolute atomic E-state index is 0.00736. The molecule has 12 atom stereocenters. The highest BCUT2D eigenvalue weighted by Crippen LogP contribution is 2.66. The second kappa shape index (κ2) is 8.35. The van der Waals surface area contributed by atoms with Crippen molar-refractivity contribution in [2.45, 2.75) is 102 Å². The van der Waals surface area contributed by atoms with Gasteiger partial charge in [-0.05, 0) is 73.2 Å². The van der Waals surface area contributed by atoms with E-state index in [-0.39, 0.29) is 23.0 Å². The zero-order chi connectivity index (χ0) is 24.6.